The van der Waals surface area contributed by atoms with Gasteiger partial charge in [0.15, 0.2) is 0 Å². The fourth-order valence-corrected chi connectivity index (χ4v) is 1.55. The van der Waals surface area contributed by atoms with Crippen LogP contribution in [0.3, 0.4) is 0 Å². The van der Waals surface area contributed by atoms with Crippen molar-refractivity contribution < 1.29 is 9.59 Å². The number of rotatable bonds is 3. The molecule has 0 radical (unpaired) electrons. The number of H-pyrrole nitrogens is 1. The number of primary amides is 2. The molecule has 0 atom stereocenters. The van der Waals surface area contributed by atoms with E-state index < -0.39 is 11.8 Å². The van der Waals surface area contributed by atoms with Crippen molar-refractivity contribution in [3.8, 4) is 11.3 Å². The van der Waals surface area contributed by atoms with Gasteiger partial charge in [0.1, 0.15) is 11.4 Å². The van der Waals surface area contributed by atoms with E-state index in [2.05, 4.69) is 15.2 Å². The van der Waals surface area contributed by atoms with E-state index in [1.165, 1.54) is 6.07 Å². The summed E-state index contributed by atoms with van der Waals surface area (Å²) in [6, 6.07) is 4.71. The molecule has 0 saturated heterocycles. The topological polar surface area (TPSA) is 128 Å². The molecule has 0 unspecified atom stereocenters. The van der Waals surface area contributed by atoms with Crippen LogP contribution in [0.25, 0.3) is 11.3 Å². The first-order valence-electron chi connectivity index (χ1n) is 5.12. The summed E-state index contributed by atoms with van der Waals surface area (Å²) in [6.45, 7) is 1.83. The summed E-state index contributed by atoms with van der Waals surface area (Å²) in [5, 5.41) is 6.76. The Kier molecular flexibility index (Phi) is 2.80. The Morgan fingerprint density at radius 3 is 2.44 bits per heavy atom. The maximum absolute atomic E-state index is 11.3. The summed E-state index contributed by atoms with van der Waals surface area (Å²) in [4.78, 5) is 26.2. The van der Waals surface area contributed by atoms with E-state index in [4.69, 9.17) is 11.5 Å². The monoisotopic (exact) mass is 245 g/mol. The van der Waals surface area contributed by atoms with Gasteiger partial charge in [0.2, 0.25) is 0 Å². The van der Waals surface area contributed by atoms with Crippen molar-refractivity contribution in [2.24, 2.45) is 11.5 Å². The van der Waals surface area contributed by atoms with E-state index in [1.54, 1.807) is 12.1 Å². The third-order valence-electron chi connectivity index (χ3n) is 2.36. The van der Waals surface area contributed by atoms with Gasteiger partial charge in [-0.3, -0.25) is 14.7 Å². The summed E-state index contributed by atoms with van der Waals surface area (Å²) in [5.74, 6) is -1.46. The van der Waals surface area contributed by atoms with Gasteiger partial charge in [-0.05, 0) is 25.1 Å². The van der Waals surface area contributed by atoms with Gasteiger partial charge >= 0.3 is 0 Å². The third kappa shape index (κ3) is 2.05. The van der Waals surface area contributed by atoms with Crippen LogP contribution in [-0.2, 0) is 0 Å². The van der Waals surface area contributed by atoms with Gasteiger partial charge < -0.3 is 11.5 Å². The molecule has 0 fully saturated rings. The Hall–Kier alpha value is -2.70. The van der Waals surface area contributed by atoms with Gasteiger partial charge in [-0.1, -0.05) is 0 Å². The minimum absolute atomic E-state index is 0.0141. The largest absolute Gasteiger partial charge is 0.364 e. The minimum atomic E-state index is -0.742. The fourth-order valence-electron chi connectivity index (χ4n) is 1.55. The Balaban J connectivity index is 2.60. The number of nitrogens with two attached hydrogens (primary N) is 2. The Bertz CT molecular complexity index is 632. The van der Waals surface area contributed by atoms with Crippen LogP contribution in [0.2, 0.25) is 0 Å². The van der Waals surface area contributed by atoms with Crippen molar-refractivity contribution in [1.29, 1.82) is 0 Å². The molecule has 92 valence electrons. The number of carbonyl (C=O) groups is 2. The maximum atomic E-state index is 11.3. The van der Waals surface area contributed by atoms with Crippen LogP contribution in [0, 0.1) is 6.92 Å². The molecule has 7 nitrogen and oxygen atoms in total. The lowest BCUT2D eigenvalue weighted by molar-refractivity contribution is 0.0993. The molecule has 0 bridgehead atoms. The zero-order valence-corrected chi connectivity index (χ0v) is 9.60. The highest BCUT2D eigenvalue weighted by Crippen LogP contribution is 2.21. The van der Waals surface area contributed by atoms with Gasteiger partial charge in [-0.15, -0.1) is 0 Å². The highest BCUT2D eigenvalue weighted by Gasteiger charge is 2.16. The van der Waals surface area contributed by atoms with Crippen LogP contribution >= 0.6 is 0 Å². The predicted octanol–water partition coefficient (Wildman–Crippen LogP) is -0.0221. The number of aryl methyl sites for hydroxylation is 1. The highest BCUT2D eigenvalue weighted by molar-refractivity contribution is 5.99. The maximum Gasteiger partial charge on any atom is 0.268 e. The number of hydrogen-bond acceptors (Lipinski definition) is 4. The lowest BCUT2D eigenvalue weighted by atomic mass is 10.1. The van der Waals surface area contributed by atoms with E-state index in [9.17, 15) is 9.59 Å². The average Bonchev–Trinajstić information content (AvgIpc) is 2.74. The van der Waals surface area contributed by atoms with E-state index in [-0.39, 0.29) is 11.4 Å². The van der Waals surface area contributed by atoms with Crippen molar-refractivity contribution in [3.05, 3.63) is 35.3 Å². The molecule has 0 saturated carbocycles. The molecule has 2 amide bonds. The molecule has 2 heterocycles. The summed E-state index contributed by atoms with van der Waals surface area (Å²) < 4.78 is 0. The van der Waals surface area contributed by atoms with Crippen molar-refractivity contribution in [2.75, 3.05) is 0 Å². The lowest BCUT2D eigenvalue weighted by Gasteiger charge is -2.04. The molecule has 7 heteroatoms. The number of nitrogens with one attached hydrogen (secondary N) is 1. The second-order valence-electron chi connectivity index (χ2n) is 3.76. The van der Waals surface area contributed by atoms with Gasteiger partial charge in [-0.25, -0.2) is 4.98 Å². The SMILES string of the molecule is Cc1cc(-c2ccc(C(N)=O)nc2C(N)=O)n[nH]1. The number of carbonyl (C=O) groups excluding carboxylic acids is 2. The quantitative estimate of drug-likeness (QED) is 0.701. The average molecular weight is 245 g/mol. The van der Waals surface area contributed by atoms with Crippen LogP contribution in [0.5, 0.6) is 0 Å². The number of amides is 2. The van der Waals surface area contributed by atoms with Crippen molar-refractivity contribution in [1.82, 2.24) is 15.2 Å². The van der Waals surface area contributed by atoms with Crippen LogP contribution < -0.4 is 11.5 Å². The van der Waals surface area contributed by atoms with Crippen LogP contribution in [-0.4, -0.2) is 27.0 Å². The molecule has 0 aliphatic carbocycles. The predicted molar refractivity (Wildman–Crippen MR) is 63.6 cm³/mol. The normalized spacial score (nSPS) is 10.3. The van der Waals surface area contributed by atoms with Crippen molar-refractivity contribution in [2.45, 2.75) is 6.92 Å². The molecule has 0 spiro atoms. The van der Waals surface area contributed by atoms with E-state index in [1.807, 2.05) is 6.92 Å². The Labute approximate surface area is 102 Å². The molecule has 5 N–H and O–H groups in total. The third-order valence-corrected chi connectivity index (χ3v) is 2.36. The first kappa shape index (κ1) is 11.8. The van der Waals surface area contributed by atoms with Crippen LogP contribution in [0.1, 0.15) is 26.7 Å². The fraction of sp³-hybridized carbons (Fsp3) is 0.0909. The van der Waals surface area contributed by atoms with Crippen LogP contribution in [0.15, 0.2) is 18.2 Å². The molecule has 2 rings (SSSR count). The van der Waals surface area contributed by atoms with Crippen molar-refractivity contribution in [3.63, 3.8) is 0 Å². The summed E-state index contributed by atoms with van der Waals surface area (Å²) in [5.41, 5.74) is 12.1. The van der Waals surface area contributed by atoms with E-state index in [0.29, 0.717) is 11.3 Å². The van der Waals surface area contributed by atoms with E-state index in [0.717, 1.165) is 5.69 Å². The number of nitrogens with zero attached hydrogens (tertiary/aromatic N) is 2. The molecule has 0 aliphatic rings. The Morgan fingerprint density at radius 1 is 1.22 bits per heavy atom. The second-order valence-corrected chi connectivity index (χ2v) is 3.76. The first-order chi connectivity index (χ1) is 8.49. The molecule has 2 aromatic heterocycles. The lowest BCUT2D eigenvalue weighted by Crippen LogP contribution is -2.19. The van der Waals surface area contributed by atoms with Crippen molar-refractivity contribution >= 4 is 11.8 Å². The van der Waals surface area contributed by atoms with Gasteiger partial charge in [0.05, 0.1) is 5.69 Å². The minimum Gasteiger partial charge on any atom is -0.364 e. The van der Waals surface area contributed by atoms with E-state index >= 15 is 0 Å². The summed E-state index contributed by atoms with van der Waals surface area (Å²) >= 11 is 0. The zero-order chi connectivity index (χ0) is 13.3. The number of hydrogen-bond donors (Lipinski definition) is 3. The standard InChI is InChI=1S/C11H11N5O2/c1-5-4-8(16-15-5)6-2-3-7(10(12)17)14-9(6)11(13)18/h2-4H,1H3,(H2,12,17)(H2,13,18)(H,15,16). The molecular weight excluding hydrogens is 234 g/mol. The molecule has 0 aliphatic heterocycles. The Morgan fingerprint density at radius 2 is 1.94 bits per heavy atom. The summed E-state index contributed by atoms with van der Waals surface area (Å²) in [7, 11) is 0. The number of pyridine rings is 1. The first-order valence-corrected chi connectivity index (χ1v) is 5.12. The second kappa shape index (κ2) is 4.28. The van der Waals surface area contributed by atoms with Gasteiger partial charge in [0, 0.05) is 11.3 Å². The van der Waals surface area contributed by atoms with Crippen LogP contribution in [0.4, 0.5) is 0 Å². The smallest absolute Gasteiger partial charge is 0.268 e. The van der Waals surface area contributed by atoms with Gasteiger partial charge in [0.25, 0.3) is 11.8 Å². The number of aromatic amines is 1. The molecule has 18 heavy (non-hydrogen) atoms. The van der Waals surface area contributed by atoms with Gasteiger partial charge in [-0.2, -0.15) is 5.10 Å². The highest BCUT2D eigenvalue weighted by atomic mass is 16.1. The summed E-state index contributed by atoms with van der Waals surface area (Å²) in [6.07, 6.45) is 0. The molecular formula is C11H11N5O2. The molecule has 0 aromatic carbocycles. The molecule has 2 aromatic rings. The number of aromatic nitrogens is 3. The zero-order valence-electron chi connectivity index (χ0n) is 9.60.